The topological polar surface area (TPSA) is 46.6 Å². The molecule has 1 aromatic carbocycles. The van der Waals surface area contributed by atoms with Crippen LogP contribution in [0.4, 0.5) is 0 Å². The highest BCUT2D eigenvalue weighted by molar-refractivity contribution is 6.17. The minimum absolute atomic E-state index is 0.0865. The van der Waals surface area contributed by atoms with Crippen molar-refractivity contribution in [3.05, 3.63) is 47.7 Å². The van der Waals surface area contributed by atoms with Crippen LogP contribution in [0.3, 0.4) is 0 Å². The SMILES string of the molecule is CCC.COC(=O)/C(=C\N(C)C)C(=O)CCc1ccccc1. The third-order valence-corrected chi connectivity index (χ3v) is 2.58. The number of rotatable bonds is 6. The molecule has 122 valence electrons. The second-order valence-electron chi connectivity index (χ2n) is 5.11. The maximum atomic E-state index is 12.1. The van der Waals surface area contributed by atoms with E-state index in [9.17, 15) is 9.59 Å². The number of methoxy groups -OCH3 is 1. The van der Waals surface area contributed by atoms with Crippen LogP contribution in [-0.4, -0.2) is 37.9 Å². The Labute approximate surface area is 133 Å². The Morgan fingerprint density at radius 3 is 2.14 bits per heavy atom. The van der Waals surface area contributed by atoms with E-state index in [0.29, 0.717) is 12.8 Å². The van der Waals surface area contributed by atoms with Gasteiger partial charge in [-0.3, -0.25) is 4.79 Å². The average molecular weight is 305 g/mol. The van der Waals surface area contributed by atoms with Gasteiger partial charge in [0.15, 0.2) is 5.78 Å². The standard InChI is InChI=1S/C15H19NO3.C3H8/c1-16(2)11-13(15(18)19-3)14(17)10-9-12-7-5-4-6-8-12;1-3-2/h4-8,11H,9-10H2,1-3H3;3H2,1-2H3/b13-11-;. The quantitative estimate of drug-likeness (QED) is 0.350. The number of carbonyl (C=O) groups is 2. The van der Waals surface area contributed by atoms with Crippen molar-refractivity contribution >= 4 is 11.8 Å². The van der Waals surface area contributed by atoms with E-state index in [4.69, 9.17) is 0 Å². The van der Waals surface area contributed by atoms with E-state index < -0.39 is 5.97 Å². The highest BCUT2D eigenvalue weighted by atomic mass is 16.5. The van der Waals surface area contributed by atoms with Crippen LogP contribution in [0.1, 0.15) is 32.3 Å². The van der Waals surface area contributed by atoms with Crippen molar-refractivity contribution in [2.75, 3.05) is 21.2 Å². The molecular formula is C18H27NO3. The van der Waals surface area contributed by atoms with Crippen LogP contribution in [-0.2, 0) is 20.7 Å². The van der Waals surface area contributed by atoms with E-state index in [1.54, 1.807) is 19.0 Å². The number of hydrogen-bond acceptors (Lipinski definition) is 4. The molecule has 0 aliphatic carbocycles. The van der Waals surface area contributed by atoms with Gasteiger partial charge in [-0.1, -0.05) is 50.6 Å². The molecule has 0 atom stereocenters. The second-order valence-corrected chi connectivity index (χ2v) is 5.11. The number of aryl methyl sites for hydroxylation is 1. The number of hydrogen-bond donors (Lipinski definition) is 0. The van der Waals surface area contributed by atoms with Gasteiger partial charge in [0.25, 0.3) is 0 Å². The van der Waals surface area contributed by atoms with Crippen molar-refractivity contribution in [2.45, 2.75) is 33.1 Å². The predicted octanol–water partition coefficient (Wildman–Crippen LogP) is 3.22. The summed E-state index contributed by atoms with van der Waals surface area (Å²) in [6.45, 7) is 4.25. The first-order valence-corrected chi connectivity index (χ1v) is 7.49. The molecule has 0 heterocycles. The van der Waals surface area contributed by atoms with Crippen molar-refractivity contribution in [1.29, 1.82) is 0 Å². The predicted molar refractivity (Wildman–Crippen MR) is 89.5 cm³/mol. The first-order valence-electron chi connectivity index (χ1n) is 7.49. The molecule has 1 rings (SSSR count). The molecule has 0 spiro atoms. The van der Waals surface area contributed by atoms with Crippen LogP contribution in [0.5, 0.6) is 0 Å². The zero-order valence-electron chi connectivity index (χ0n) is 14.3. The molecule has 0 amide bonds. The van der Waals surface area contributed by atoms with Gasteiger partial charge in [0.1, 0.15) is 5.57 Å². The number of nitrogens with zero attached hydrogens (tertiary/aromatic N) is 1. The Kier molecular flexibility index (Phi) is 10.4. The molecule has 0 radical (unpaired) electrons. The highest BCUT2D eigenvalue weighted by Crippen LogP contribution is 2.09. The van der Waals surface area contributed by atoms with Gasteiger partial charge in [0.2, 0.25) is 0 Å². The van der Waals surface area contributed by atoms with Crippen molar-refractivity contribution in [3.8, 4) is 0 Å². The number of Topliss-reactive ketones (excluding diaryl/α,β-unsaturated/α-hetero) is 1. The zero-order chi connectivity index (χ0) is 17.0. The van der Waals surface area contributed by atoms with Crippen LogP contribution < -0.4 is 0 Å². The molecule has 0 saturated carbocycles. The normalized spacial score (nSPS) is 10.3. The first-order chi connectivity index (χ1) is 10.5. The van der Waals surface area contributed by atoms with Crippen LogP contribution in [0.25, 0.3) is 0 Å². The van der Waals surface area contributed by atoms with Crippen LogP contribution in [0.15, 0.2) is 42.1 Å². The number of carbonyl (C=O) groups excluding carboxylic acids is 2. The van der Waals surface area contributed by atoms with Gasteiger partial charge >= 0.3 is 5.97 Å². The molecule has 0 bridgehead atoms. The molecular weight excluding hydrogens is 278 g/mol. The lowest BCUT2D eigenvalue weighted by Gasteiger charge is -2.09. The monoisotopic (exact) mass is 305 g/mol. The molecule has 0 N–H and O–H groups in total. The van der Waals surface area contributed by atoms with E-state index in [-0.39, 0.29) is 11.4 Å². The van der Waals surface area contributed by atoms with Gasteiger partial charge < -0.3 is 9.64 Å². The van der Waals surface area contributed by atoms with E-state index in [0.717, 1.165) is 5.56 Å². The minimum Gasteiger partial charge on any atom is -0.465 e. The van der Waals surface area contributed by atoms with Crippen molar-refractivity contribution in [2.24, 2.45) is 0 Å². The maximum Gasteiger partial charge on any atom is 0.342 e. The number of ketones is 1. The van der Waals surface area contributed by atoms with Gasteiger partial charge in [0.05, 0.1) is 7.11 Å². The molecule has 1 aromatic rings. The summed E-state index contributed by atoms with van der Waals surface area (Å²) < 4.78 is 4.63. The Morgan fingerprint density at radius 2 is 1.68 bits per heavy atom. The summed E-state index contributed by atoms with van der Waals surface area (Å²) in [6.07, 6.45) is 3.65. The summed E-state index contributed by atoms with van der Waals surface area (Å²) in [7, 11) is 4.79. The number of esters is 1. The van der Waals surface area contributed by atoms with Gasteiger partial charge in [-0.2, -0.15) is 0 Å². The molecule has 0 aliphatic rings. The van der Waals surface area contributed by atoms with E-state index in [2.05, 4.69) is 18.6 Å². The second kappa shape index (κ2) is 11.5. The third kappa shape index (κ3) is 8.25. The molecule has 0 saturated heterocycles. The smallest absolute Gasteiger partial charge is 0.342 e. The fraction of sp³-hybridized carbons (Fsp3) is 0.444. The summed E-state index contributed by atoms with van der Waals surface area (Å²) >= 11 is 0. The lowest BCUT2D eigenvalue weighted by atomic mass is 10.0. The fourth-order valence-corrected chi connectivity index (χ4v) is 1.64. The molecule has 4 nitrogen and oxygen atoms in total. The fourth-order valence-electron chi connectivity index (χ4n) is 1.64. The first kappa shape index (κ1) is 19.9. The van der Waals surface area contributed by atoms with Gasteiger partial charge in [-0.05, 0) is 12.0 Å². The number of ether oxygens (including phenoxy) is 1. The van der Waals surface area contributed by atoms with E-state index in [1.165, 1.54) is 19.7 Å². The van der Waals surface area contributed by atoms with Crippen molar-refractivity contribution in [3.63, 3.8) is 0 Å². The van der Waals surface area contributed by atoms with Gasteiger partial charge in [-0.15, -0.1) is 0 Å². The van der Waals surface area contributed by atoms with Gasteiger partial charge in [0, 0.05) is 26.7 Å². The molecule has 0 unspecified atom stereocenters. The van der Waals surface area contributed by atoms with Crippen LogP contribution in [0.2, 0.25) is 0 Å². The molecule has 0 aromatic heterocycles. The van der Waals surface area contributed by atoms with Crippen molar-refractivity contribution < 1.29 is 14.3 Å². The van der Waals surface area contributed by atoms with Gasteiger partial charge in [-0.25, -0.2) is 4.79 Å². The molecule has 22 heavy (non-hydrogen) atoms. The third-order valence-electron chi connectivity index (χ3n) is 2.58. The number of benzene rings is 1. The Balaban J connectivity index is 0.00000135. The zero-order valence-corrected chi connectivity index (χ0v) is 14.3. The molecule has 4 heteroatoms. The van der Waals surface area contributed by atoms with E-state index in [1.807, 2.05) is 30.3 Å². The van der Waals surface area contributed by atoms with Crippen molar-refractivity contribution in [1.82, 2.24) is 4.90 Å². The highest BCUT2D eigenvalue weighted by Gasteiger charge is 2.18. The average Bonchev–Trinajstić information content (AvgIpc) is 2.51. The van der Waals surface area contributed by atoms with E-state index >= 15 is 0 Å². The summed E-state index contributed by atoms with van der Waals surface area (Å²) in [4.78, 5) is 25.3. The molecule has 0 aliphatic heterocycles. The molecule has 0 fully saturated rings. The van der Waals surface area contributed by atoms with Crippen LogP contribution >= 0.6 is 0 Å². The summed E-state index contributed by atoms with van der Waals surface area (Å²) in [5.74, 6) is -0.795. The Bertz CT molecular complexity index is 478. The summed E-state index contributed by atoms with van der Waals surface area (Å²) in [5.41, 5.74) is 1.16. The van der Waals surface area contributed by atoms with Crippen LogP contribution in [0, 0.1) is 0 Å². The summed E-state index contributed by atoms with van der Waals surface area (Å²) in [5, 5.41) is 0. The largest absolute Gasteiger partial charge is 0.465 e. The maximum absolute atomic E-state index is 12.1. The Hall–Kier alpha value is -2.10. The minimum atomic E-state index is -0.591. The summed E-state index contributed by atoms with van der Waals surface area (Å²) in [6, 6.07) is 9.70. The Morgan fingerprint density at radius 1 is 1.14 bits per heavy atom. The lowest BCUT2D eigenvalue weighted by Crippen LogP contribution is -2.18. The lowest BCUT2D eigenvalue weighted by molar-refractivity contribution is -0.137.